The number of fused-ring (bicyclic) bond motifs is 1. The standard InChI is InChI=1S/C18H26ClN3O.ClH/c1-12(14-6-2-3-7-16(14)19)21-18(23)11-22-9-13-5-4-8-17(20)15(13)10-22;/h2-3,6-7,12-13,15,17H,4-5,8-11,20H2,1H3,(H,21,23);1H. The number of hydrogen-bond acceptors (Lipinski definition) is 3. The first kappa shape index (κ1) is 19.5. The van der Waals surface area contributed by atoms with E-state index in [1.54, 1.807) is 0 Å². The zero-order valence-electron chi connectivity index (χ0n) is 14.1. The Kier molecular flexibility index (Phi) is 6.93. The number of halogens is 2. The predicted octanol–water partition coefficient (Wildman–Crippen LogP) is 3.00. The Morgan fingerprint density at radius 2 is 2.12 bits per heavy atom. The van der Waals surface area contributed by atoms with Crippen molar-refractivity contribution in [3.8, 4) is 0 Å². The van der Waals surface area contributed by atoms with Crippen LogP contribution in [0.15, 0.2) is 24.3 Å². The third kappa shape index (κ3) is 4.42. The Morgan fingerprint density at radius 3 is 2.83 bits per heavy atom. The number of nitrogens with one attached hydrogen (secondary N) is 1. The largest absolute Gasteiger partial charge is 0.348 e. The molecule has 1 aliphatic carbocycles. The van der Waals surface area contributed by atoms with Crippen LogP contribution < -0.4 is 11.1 Å². The van der Waals surface area contributed by atoms with Crippen molar-refractivity contribution in [2.24, 2.45) is 17.6 Å². The number of nitrogens with two attached hydrogens (primary N) is 1. The molecule has 6 heteroatoms. The van der Waals surface area contributed by atoms with E-state index >= 15 is 0 Å². The van der Waals surface area contributed by atoms with E-state index in [0.29, 0.717) is 29.4 Å². The molecule has 134 valence electrons. The summed E-state index contributed by atoms with van der Waals surface area (Å²) < 4.78 is 0. The van der Waals surface area contributed by atoms with E-state index in [0.717, 1.165) is 25.1 Å². The molecule has 1 aliphatic heterocycles. The van der Waals surface area contributed by atoms with Crippen LogP contribution in [0.2, 0.25) is 5.02 Å². The summed E-state index contributed by atoms with van der Waals surface area (Å²) in [5.41, 5.74) is 7.20. The first-order valence-corrected chi connectivity index (χ1v) is 8.94. The fourth-order valence-corrected chi connectivity index (χ4v) is 4.43. The monoisotopic (exact) mass is 371 g/mol. The van der Waals surface area contributed by atoms with Gasteiger partial charge in [-0.15, -0.1) is 12.4 Å². The van der Waals surface area contributed by atoms with Gasteiger partial charge in [0, 0.05) is 24.2 Å². The fourth-order valence-electron chi connectivity index (χ4n) is 4.13. The summed E-state index contributed by atoms with van der Waals surface area (Å²) in [6.45, 7) is 4.39. The van der Waals surface area contributed by atoms with E-state index in [9.17, 15) is 4.79 Å². The van der Waals surface area contributed by atoms with Gasteiger partial charge in [-0.3, -0.25) is 9.69 Å². The number of carbonyl (C=O) groups excluding carboxylic acids is 1. The van der Waals surface area contributed by atoms with Crippen LogP contribution in [0.5, 0.6) is 0 Å². The molecule has 0 aromatic heterocycles. The van der Waals surface area contributed by atoms with Gasteiger partial charge in [-0.25, -0.2) is 0 Å². The molecule has 3 N–H and O–H groups in total. The minimum absolute atomic E-state index is 0. The second kappa shape index (κ2) is 8.52. The van der Waals surface area contributed by atoms with Crippen molar-refractivity contribution in [2.75, 3.05) is 19.6 Å². The summed E-state index contributed by atoms with van der Waals surface area (Å²) in [5.74, 6) is 1.30. The first-order chi connectivity index (χ1) is 11.0. The fraction of sp³-hybridized carbons (Fsp3) is 0.611. The molecule has 0 spiro atoms. The van der Waals surface area contributed by atoms with Gasteiger partial charge in [-0.1, -0.05) is 36.2 Å². The van der Waals surface area contributed by atoms with Crippen LogP contribution in [0, 0.1) is 11.8 Å². The molecular weight excluding hydrogens is 345 g/mol. The van der Waals surface area contributed by atoms with Gasteiger partial charge in [0.25, 0.3) is 0 Å². The van der Waals surface area contributed by atoms with Crippen molar-refractivity contribution >= 4 is 29.9 Å². The molecule has 0 radical (unpaired) electrons. The van der Waals surface area contributed by atoms with Gasteiger partial charge < -0.3 is 11.1 Å². The summed E-state index contributed by atoms with van der Waals surface area (Å²) >= 11 is 6.20. The molecule has 1 saturated carbocycles. The average molecular weight is 372 g/mol. The zero-order chi connectivity index (χ0) is 16.4. The van der Waals surface area contributed by atoms with E-state index in [1.165, 1.54) is 12.8 Å². The molecular formula is C18H27Cl2N3O. The minimum Gasteiger partial charge on any atom is -0.348 e. The zero-order valence-corrected chi connectivity index (χ0v) is 15.7. The van der Waals surface area contributed by atoms with E-state index in [4.69, 9.17) is 17.3 Å². The Bertz CT molecular complexity index is 569. The lowest BCUT2D eigenvalue weighted by Crippen LogP contribution is -2.39. The highest BCUT2D eigenvalue weighted by Gasteiger charge is 2.39. The lowest BCUT2D eigenvalue weighted by Gasteiger charge is -2.29. The lowest BCUT2D eigenvalue weighted by atomic mass is 9.78. The number of nitrogens with zero attached hydrogens (tertiary/aromatic N) is 1. The molecule has 1 aromatic carbocycles. The Balaban J connectivity index is 0.00000208. The number of rotatable bonds is 4. The summed E-state index contributed by atoms with van der Waals surface area (Å²) in [5, 5.41) is 3.75. The maximum Gasteiger partial charge on any atom is 0.234 e. The molecule has 3 rings (SSSR count). The lowest BCUT2D eigenvalue weighted by molar-refractivity contribution is -0.122. The van der Waals surface area contributed by atoms with Crippen LogP contribution >= 0.6 is 24.0 Å². The Labute approximate surface area is 155 Å². The number of hydrogen-bond donors (Lipinski definition) is 2. The Hall–Kier alpha value is -0.810. The average Bonchev–Trinajstić information content (AvgIpc) is 2.91. The van der Waals surface area contributed by atoms with E-state index < -0.39 is 0 Å². The highest BCUT2D eigenvalue weighted by atomic mass is 35.5. The van der Waals surface area contributed by atoms with Crippen molar-refractivity contribution in [3.05, 3.63) is 34.9 Å². The Morgan fingerprint density at radius 1 is 1.38 bits per heavy atom. The molecule has 1 heterocycles. The van der Waals surface area contributed by atoms with Crippen LogP contribution in [0.3, 0.4) is 0 Å². The third-order valence-electron chi connectivity index (χ3n) is 5.35. The maximum absolute atomic E-state index is 12.4. The van der Waals surface area contributed by atoms with Gasteiger partial charge in [0.15, 0.2) is 0 Å². The van der Waals surface area contributed by atoms with Gasteiger partial charge in [0.05, 0.1) is 12.6 Å². The number of benzene rings is 1. The van der Waals surface area contributed by atoms with Crippen LogP contribution in [-0.4, -0.2) is 36.5 Å². The predicted molar refractivity (Wildman–Crippen MR) is 101 cm³/mol. The molecule has 2 aliphatic rings. The number of carbonyl (C=O) groups is 1. The second-order valence-electron chi connectivity index (χ2n) is 7.02. The highest BCUT2D eigenvalue weighted by Crippen LogP contribution is 2.35. The molecule has 1 amide bonds. The van der Waals surface area contributed by atoms with Crippen molar-refractivity contribution in [1.29, 1.82) is 0 Å². The first-order valence-electron chi connectivity index (χ1n) is 8.56. The maximum atomic E-state index is 12.4. The molecule has 4 unspecified atom stereocenters. The third-order valence-corrected chi connectivity index (χ3v) is 5.69. The quantitative estimate of drug-likeness (QED) is 0.854. The van der Waals surface area contributed by atoms with E-state index in [2.05, 4.69) is 10.2 Å². The topological polar surface area (TPSA) is 58.4 Å². The van der Waals surface area contributed by atoms with Gasteiger partial charge >= 0.3 is 0 Å². The summed E-state index contributed by atoms with van der Waals surface area (Å²) in [4.78, 5) is 14.6. The second-order valence-corrected chi connectivity index (χ2v) is 7.43. The molecule has 0 bridgehead atoms. The normalized spacial score (nSPS) is 27.9. The molecule has 24 heavy (non-hydrogen) atoms. The van der Waals surface area contributed by atoms with Crippen LogP contribution in [0.25, 0.3) is 0 Å². The SMILES string of the molecule is CC(NC(=O)CN1CC2CCCC(N)C2C1)c1ccccc1Cl.Cl. The van der Waals surface area contributed by atoms with Crippen molar-refractivity contribution in [2.45, 2.75) is 38.3 Å². The minimum atomic E-state index is -0.0802. The number of amides is 1. The molecule has 4 atom stereocenters. The molecule has 2 fully saturated rings. The summed E-state index contributed by atoms with van der Waals surface area (Å²) in [6, 6.07) is 7.88. The van der Waals surface area contributed by atoms with Gasteiger partial charge in [0.1, 0.15) is 0 Å². The van der Waals surface area contributed by atoms with Crippen LogP contribution in [0.4, 0.5) is 0 Å². The van der Waals surface area contributed by atoms with Crippen molar-refractivity contribution in [3.63, 3.8) is 0 Å². The molecule has 1 aromatic rings. The highest BCUT2D eigenvalue weighted by molar-refractivity contribution is 6.31. The summed E-state index contributed by atoms with van der Waals surface area (Å²) in [7, 11) is 0. The van der Waals surface area contributed by atoms with E-state index in [-0.39, 0.29) is 24.4 Å². The van der Waals surface area contributed by atoms with Crippen LogP contribution in [0.1, 0.15) is 37.8 Å². The smallest absolute Gasteiger partial charge is 0.234 e. The van der Waals surface area contributed by atoms with Gasteiger partial charge in [0.2, 0.25) is 5.91 Å². The summed E-state index contributed by atoms with van der Waals surface area (Å²) in [6.07, 6.45) is 3.61. The van der Waals surface area contributed by atoms with Crippen LogP contribution in [-0.2, 0) is 4.79 Å². The van der Waals surface area contributed by atoms with E-state index in [1.807, 2.05) is 31.2 Å². The number of likely N-dealkylation sites (tertiary alicyclic amines) is 1. The molecule has 4 nitrogen and oxygen atoms in total. The van der Waals surface area contributed by atoms with Gasteiger partial charge in [-0.2, -0.15) is 0 Å². The van der Waals surface area contributed by atoms with Crippen molar-refractivity contribution < 1.29 is 4.79 Å². The van der Waals surface area contributed by atoms with Crippen molar-refractivity contribution in [1.82, 2.24) is 10.2 Å². The molecule has 1 saturated heterocycles. The van der Waals surface area contributed by atoms with Gasteiger partial charge in [-0.05, 0) is 43.2 Å².